The van der Waals surface area contributed by atoms with Crippen LogP contribution >= 0.6 is 0 Å². The molecule has 0 saturated carbocycles. The normalized spacial score (nSPS) is 16.5. The quantitative estimate of drug-likeness (QED) is 0.695. The predicted octanol–water partition coefficient (Wildman–Crippen LogP) is 2.67. The summed E-state index contributed by atoms with van der Waals surface area (Å²) in [5.74, 6) is -0.283. The second kappa shape index (κ2) is 5.48. The van der Waals surface area contributed by atoms with Gasteiger partial charge in [-0.2, -0.15) is 0 Å². The molecule has 110 valence electrons. The van der Waals surface area contributed by atoms with Crippen LogP contribution in [0.15, 0.2) is 73.3 Å². The number of imide groups is 1. The number of benzene rings is 2. The smallest absolute Gasteiger partial charge is 0.315 e. The molecule has 3 rings (SSSR count). The monoisotopic (exact) mass is 292 g/mol. The number of nitrogens with zero attached hydrogens (tertiary/aromatic N) is 1. The fourth-order valence-corrected chi connectivity index (χ4v) is 2.81. The molecule has 0 atom stereocenters. The lowest BCUT2D eigenvalue weighted by Crippen LogP contribution is -2.45. The van der Waals surface area contributed by atoms with Crippen molar-refractivity contribution in [3.05, 3.63) is 84.4 Å². The van der Waals surface area contributed by atoms with Crippen LogP contribution in [0.25, 0.3) is 0 Å². The SMILES string of the molecule is C=CCN1C(=O)NC(c2ccccc2)(c2ccccc2)C1=O. The summed E-state index contributed by atoms with van der Waals surface area (Å²) in [5.41, 5.74) is 0.306. The Labute approximate surface area is 129 Å². The second-order valence-electron chi connectivity index (χ2n) is 5.12. The summed E-state index contributed by atoms with van der Waals surface area (Å²) in [7, 11) is 0. The minimum absolute atomic E-state index is 0.187. The molecular weight excluding hydrogens is 276 g/mol. The van der Waals surface area contributed by atoms with Crippen LogP contribution in [0.5, 0.6) is 0 Å². The molecule has 22 heavy (non-hydrogen) atoms. The van der Waals surface area contributed by atoms with Crippen LogP contribution in [0.4, 0.5) is 4.79 Å². The van der Waals surface area contributed by atoms with Gasteiger partial charge >= 0.3 is 6.03 Å². The van der Waals surface area contributed by atoms with Crippen molar-refractivity contribution in [3.63, 3.8) is 0 Å². The Hall–Kier alpha value is -2.88. The van der Waals surface area contributed by atoms with Crippen molar-refractivity contribution in [1.29, 1.82) is 0 Å². The highest BCUT2D eigenvalue weighted by Crippen LogP contribution is 2.35. The third kappa shape index (κ3) is 2.00. The summed E-state index contributed by atoms with van der Waals surface area (Å²) in [6.07, 6.45) is 1.55. The van der Waals surface area contributed by atoms with E-state index >= 15 is 0 Å². The Morgan fingerprint density at radius 3 is 1.91 bits per heavy atom. The molecular formula is C18H16N2O2. The molecule has 2 aromatic carbocycles. The zero-order chi connectivity index (χ0) is 15.6. The molecule has 3 amide bonds. The molecule has 4 nitrogen and oxygen atoms in total. The van der Waals surface area contributed by atoms with E-state index in [1.54, 1.807) is 6.08 Å². The van der Waals surface area contributed by atoms with E-state index in [-0.39, 0.29) is 12.5 Å². The fraction of sp³-hybridized carbons (Fsp3) is 0.111. The molecule has 0 bridgehead atoms. The van der Waals surface area contributed by atoms with Crippen LogP contribution in [-0.4, -0.2) is 23.4 Å². The molecule has 0 radical (unpaired) electrons. The molecule has 0 unspecified atom stereocenters. The van der Waals surface area contributed by atoms with Crippen LogP contribution in [0.1, 0.15) is 11.1 Å². The van der Waals surface area contributed by atoms with Gasteiger partial charge in [-0.1, -0.05) is 66.7 Å². The first-order chi connectivity index (χ1) is 10.7. The summed E-state index contributed by atoms with van der Waals surface area (Å²) in [6.45, 7) is 3.80. The molecule has 1 aliphatic heterocycles. The van der Waals surface area contributed by atoms with Crippen molar-refractivity contribution >= 4 is 11.9 Å². The maximum atomic E-state index is 13.0. The van der Waals surface area contributed by atoms with E-state index in [4.69, 9.17) is 0 Å². The number of hydrogen-bond donors (Lipinski definition) is 1. The molecule has 1 fully saturated rings. The van der Waals surface area contributed by atoms with Crippen LogP contribution in [-0.2, 0) is 10.3 Å². The number of carbonyl (C=O) groups excluding carboxylic acids is 2. The van der Waals surface area contributed by atoms with Gasteiger partial charge in [-0.3, -0.25) is 9.69 Å². The zero-order valence-corrected chi connectivity index (χ0v) is 12.0. The molecule has 2 aromatic rings. The molecule has 0 aromatic heterocycles. The van der Waals surface area contributed by atoms with Gasteiger partial charge < -0.3 is 5.32 Å². The van der Waals surface area contributed by atoms with Gasteiger partial charge in [0.25, 0.3) is 5.91 Å². The third-order valence-electron chi connectivity index (χ3n) is 3.83. The highest BCUT2D eigenvalue weighted by molar-refractivity contribution is 6.09. The Morgan fingerprint density at radius 2 is 1.45 bits per heavy atom. The van der Waals surface area contributed by atoms with Gasteiger partial charge in [-0.05, 0) is 11.1 Å². The van der Waals surface area contributed by atoms with Gasteiger partial charge in [-0.15, -0.1) is 6.58 Å². The summed E-state index contributed by atoms with van der Waals surface area (Å²) < 4.78 is 0. The van der Waals surface area contributed by atoms with Gasteiger partial charge in [0, 0.05) is 6.54 Å². The summed E-state index contributed by atoms with van der Waals surface area (Å²) in [5, 5.41) is 2.87. The van der Waals surface area contributed by atoms with Crippen molar-refractivity contribution < 1.29 is 9.59 Å². The minimum Gasteiger partial charge on any atom is -0.315 e. The molecule has 0 spiro atoms. The van der Waals surface area contributed by atoms with Crippen LogP contribution in [0, 0.1) is 0 Å². The Morgan fingerprint density at radius 1 is 0.955 bits per heavy atom. The predicted molar refractivity (Wildman–Crippen MR) is 84.1 cm³/mol. The Balaban J connectivity index is 2.20. The average Bonchev–Trinajstić information content (AvgIpc) is 2.82. The first-order valence-electron chi connectivity index (χ1n) is 7.06. The fourth-order valence-electron chi connectivity index (χ4n) is 2.81. The number of carbonyl (C=O) groups is 2. The second-order valence-corrected chi connectivity index (χ2v) is 5.12. The highest BCUT2D eigenvalue weighted by Gasteiger charge is 2.53. The van der Waals surface area contributed by atoms with Crippen LogP contribution < -0.4 is 5.32 Å². The zero-order valence-electron chi connectivity index (χ0n) is 12.0. The van der Waals surface area contributed by atoms with Crippen LogP contribution in [0.2, 0.25) is 0 Å². The van der Waals surface area contributed by atoms with Crippen molar-refractivity contribution in [3.8, 4) is 0 Å². The van der Waals surface area contributed by atoms with Gasteiger partial charge in [0.1, 0.15) is 0 Å². The van der Waals surface area contributed by atoms with E-state index in [0.29, 0.717) is 0 Å². The minimum atomic E-state index is -1.18. The van der Waals surface area contributed by atoms with Gasteiger partial charge in [0.15, 0.2) is 5.54 Å². The largest absolute Gasteiger partial charge is 0.325 e. The van der Waals surface area contributed by atoms with E-state index in [9.17, 15) is 9.59 Å². The summed E-state index contributed by atoms with van der Waals surface area (Å²) in [4.78, 5) is 26.5. The topological polar surface area (TPSA) is 49.4 Å². The Bertz CT molecular complexity index is 671. The number of nitrogens with one attached hydrogen (secondary N) is 1. The standard InChI is InChI=1S/C18H16N2O2/c1-2-13-20-16(21)18(19-17(20)22,14-9-5-3-6-10-14)15-11-7-4-8-12-15/h2-12H,1,13H2,(H,19,22). The van der Waals surface area contributed by atoms with E-state index in [2.05, 4.69) is 11.9 Å². The van der Waals surface area contributed by atoms with Crippen molar-refractivity contribution in [1.82, 2.24) is 10.2 Å². The maximum Gasteiger partial charge on any atom is 0.325 e. The van der Waals surface area contributed by atoms with E-state index in [1.165, 1.54) is 4.90 Å². The van der Waals surface area contributed by atoms with Gasteiger partial charge in [-0.25, -0.2) is 4.79 Å². The van der Waals surface area contributed by atoms with Crippen molar-refractivity contribution in [2.75, 3.05) is 6.54 Å². The number of hydrogen-bond acceptors (Lipinski definition) is 2. The van der Waals surface area contributed by atoms with Gasteiger partial charge in [0.05, 0.1) is 0 Å². The molecule has 1 N–H and O–H groups in total. The maximum absolute atomic E-state index is 13.0. The first kappa shape index (κ1) is 14.1. The van der Waals surface area contributed by atoms with E-state index < -0.39 is 11.6 Å². The van der Waals surface area contributed by atoms with Crippen LogP contribution in [0.3, 0.4) is 0 Å². The number of amides is 3. The summed E-state index contributed by atoms with van der Waals surface area (Å²) in [6, 6.07) is 18.2. The lowest BCUT2D eigenvalue weighted by Gasteiger charge is -2.27. The van der Waals surface area contributed by atoms with E-state index in [1.807, 2.05) is 60.7 Å². The lowest BCUT2D eigenvalue weighted by atomic mass is 9.82. The first-order valence-corrected chi connectivity index (χ1v) is 7.06. The molecule has 4 heteroatoms. The molecule has 1 heterocycles. The molecule has 1 aliphatic rings. The number of urea groups is 1. The van der Waals surface area contributed by atoms with Crippen molar-refractivity contribution in [2.45, 2.75) is 5.54 Å². The summed E-state index contributed by atoms with van der Waals surface area (Å²) >= 11 is 0. The Kier molecular flexibility index (Phi) is 3.51. The molecule has 0 aliphatic carbocycles. The van der Waals surface area contributed by atoms with Crippen molar-refractivity contribution in [2.24, 2.45) is 0 Å². The lowest BCUT2D eigenvalue weighted by molar-refractivity contribution is -0.129. The average molecular weight is 292 g/mol. The molecule has 1 saturated heterocycles. The van der Waals surface area contributed by atoms with E-state index in [0.717, 1.165) is 11.1 Å². The highest BCUT2D eigenvalue weighted by atomic mass is 16.2. The van der Waals surface area contributed by atoms with Gasteiger partial charge in [0.2, 0.25) is 0 Å². The third-order valence-corrected chi connectivity index (χ3v) is 3.83. The number of rotatable bonds is 4.